The molecule has 1 saturated heterocycles. The summed E-state index contributed by atoms with van der Waals surface area (Å²) < 4.78 is 46.4. The molecule has 0 spiro atoms. The number of alkyl halides is 3. The first-order valence-electron chi connectivity index (χ1n) is 11.7. The number of benzene rings is 4. The number of nitrogens with one attached hydrogen (secondary N) is 1. The first-order valence-corrected chi connectivity index (χ1v) is 12.1. The molecule has 5 nitrogen and oxygen atoms in total. The molecule has 4 aromatic carbocycles. The lowest BCUT2D eigenvalue weighted by Crippen LogP contribution is -2.54. The Morgan fingerprint density at radius 3 is 2.18 bits per heavy atom. The SMILES string of the molecule is O=C1NC(=S)N(c2ccc(Oc3ccccc3)cc2)C(=O)/C1=C/c1cccc(-c2ccccc2C(F)(F)F)c1. The van der Waals surface area contributed by atoms with Gasteiger partial charge in [0, 0.05) is 0 Å². The second-order valence-electron chi connectivity index (χ2n) is 8.54. The number of nitrogens with zero attached hydrogens (tertiary/aromatic N) is 1. The van der Waals surface area contributed by atoms with Crippen LogP contribution >= 0.6 is 12.2 Å². The lowest BCUT2D eigenvalue weighted by atomic mass is 9.97. The maximum absolute atomic E-state index is 13.5. The topological polar surface area (TPSA) is 58.6 Å². The van der Waals surface area contributed by atoms with Crippen LogP contribution in [0.15, 0.2) is 109 Å². The Hall–Kier alpha value is -4.76. The van der Waals surface area contributed by atoms with Crippen LogP contribution in [0.1, 0.15) is 11.1 Å². The second-order valence-corrected chi connectivity index (χ2v) is 8.92. The number of hydrogen-bond donors (Lipinski definition) is 1. The van der Waals surface area contributed by atoms with Crippen LogP contribution in [0.5, 0.6) is 11.5 Å². The van der Waals surface area contributed by atoms with Gasteiger partial charge in [-0.15, -0.1) is 0 Å². The Bertz CT molecular complexity index is 1600. The fourth-order valence-corrected chi connectivity index (χ4v) is 4.41. The first kappa shape index (κ1) is 25.9. The number of thiocarbonyl (C=S) groups is 1. The van der Waals surface area contributed by atoms with Gasteiger partial charge in [0.2, 0.25) is 0 Å². The Morgan fingerprint density at radius 1 is 0.795 bits per heavy atom. The monoisotopic (exact) mass is 544 g/mol. The highest BCUT2D eigenvalue weighted by atomic mass is 32.1. The van der Waals surface area contributed by atoms with Crippen molar-refractivity contribution in [3.8, 4) is 22.6 Å². The van der Waals surface area contributed by atoms with E-state index >= 15 is 0 Å². The van der Waals surface area contributed by atoms with Crippen molar-refractivity contribution in [1.82, 2.24) is 5.32 Å². The minimum absolute atomic E-state index is 0.00899. The normalized spacial score (nSPS) is 14.9. The predicted molar refractivity (Wildman–Crippen MR) is 146 cm³/mol. The maximum Gasteiger partial charge on any atom is 0.417 e. The van der Waals surface area contributed by atoms with Crippen molar-refractivity contribution < 1.29 is 27.5 Å². The van der Waals surface area contributed by atoms with Crippen molar-refractivity contribution in [3.63, 3.8) is 0 Å². The molecule has 0 radical (unpaired) electrons. The third kappa shape index (κ3) is 5.58. The van der Waals surface area contributed by atoms with Crippen LogP contribution in [-0.4, -0.2) is 16.9 Å². The molecular formula is C30H19F3N2O3S. The molecular weight excluding hydrogens is 525 g/mol. The van der Waals surface area contributed by atoms with Gasteiger partial charge in [0.05, 0.1) is 11.3 Å². The van der Waals surface area contributed by atoms with Crippen LogP contribution in [0.3, 0.4) is 0 Å². The highest BCUT2D eigenvalue weighted by molar-refractivity contribution is 7.80. The molecule has 0 atom stereocenters. The summed E-state index contributed by atoms with van der Waals surface area (Å²) in [6, 6.07) is 27.2. The van der Waals surface area contributed by atoms with E-state index in [9.17, 15) is 22.8 Å². The van der Waals surface area contributed by atoms with Gasteiger partial charge in [-0.3, -0.25) is 19.8 Å². The van der Waals surface area contributed by atoms with E-state index in [4.69, 9.17) is 17.0 Å². The molecule has 0 saturated carbocycles. The number of halogens is 3. The Balaban J connectivity index is 1.44. The summed E-state index contributed by atoms with van der Waals surface area (Å²) in [5.74, 6) is -0.184. The Kier molecular flexibility index (Phi) is 7.00. The third-order valence-corrected chi connectivity index (χ3v) is 6.20. The van der Waals surface area contributed by atoms with Gasteiger partial charge in [-0.05, 0) is 83.5 Å². The largest absolute Gasteiger partial charge is 0.457 e. The molecule has 1 heterocycles. The summed E-state index contributed by atoms with van der Waals surface area (Å²) in [5.41, 5.74) is 0.0751. The van der Waals surface area contributed by atoms with Gasteiger partial charge in [0.15, 0.2) is 5.11 Å². The Morgan fingerprint density at radius 2 is 1.46 bits per heavy atom. The van der Waals surface area contributed by atoms with Gasteiger partial charge in [-0.1, -0.05) is 54.6 Å². The zero-order chi connectivity index (χ0) is 27.6. The number of amides is 2. The number of rotatable bonds is 5. The van der Waals surface area contributed by atoms with E-state index in [1.807, 2.05) is 18.2 Å². The number of hydrogen-bond acceptors (Lipinski definition) is 4. The summed E-state index contributed by atoms with van der Waals surface area (Å²) in [4.78, 5) is 27.3. The minimum Gasteiger partial charge on any atom is -0.457 e. The van der Waals surface area contributed by atoms with E-state index in [0.717, 1.165) is 6.07 Å². The summed E-state index contributed by atoms with van der Waals surface area (Å²) in [5, 5.41) is 2.42. The van der Waals surface area contributed by atoms with Crippen LogP contribution in [0.2, 0.25) is 0 Å². The van der Waals surface area contributed by atoms with Crippen LogP contribution in [0.4, 0.5) is 18.9 Å². The molecule has 0 aliphatic carbocycles. The summed E-state index contributed by atoms with van der Waals surface area (Å²) in [7, 11) is 0. The lowest BCUT2D eigenvalue weighted by Gasteiger charge is -2.29. The lowest BCUT2D eigenvalue weighted by molar-refractivity contribution is -0.137. The fraction of sp³-hybridized carbons (Fsp3) is 0.0333. The predicted octanol–water partition coefficient (Wildman–Crippen LogP) is 7.00. The van der Waals surface area contributed by atoms with E-state index in [1.54, 1.807) is 48.5 Å². The molecule has 194 valence electrons. The highest BCUT2D eigenvalue weighted by Crippen LogP contribution is 2.37. The number of ether oxygens (including phenoxy) is 1. The summed E-state index contributed by atoms with van der Waals surface area (Å²) >= 11 is 5.26. The number of anilines is 1. The van der Waals surface area contributed by atoms with Crippen molar-refractivity contribution in [2.24, 2.45) is 0 Å². The zero-order valence-corrected chi connectivity index (χ0v) is 20.9. The first-order chi connectivity index (χ1) is 18.7. The minimum atomic E-state index is -4.54. The third-order valence-electron chi connectivity index (χ3n) is 5.92. The average Bonchev–Trinajstić information content (AvgIpc) is 2.92. The standard InChI is InChI=1S/C30H19F3N2O3S/c31-30(32,33)26-12-5-4-11-24(26)20-8-6-7-19(17-20)18-25-27(36)34-29(39)35(28(25)37)21-13-15-23(16-14-21)38-22-9-2-1-3-10-22/h1-18H,(H,34,36,39)/b25-18+. The quantitative estimate of drug-likeness (QED) is 0.167. The van der Waals surface area contributed by atoms with E-state index in [-0.39, 0.29) is 16.2 Å². The van der Waals surface area contributed by atoms with Gasteiger partial charge in [-0.2, -0.15) is 13.2 Å². The van der Waals surface area contributed by atoms with Crippen molar-refractivity contribution in [3.05, 3.63) is 120 Å². The summed E-state index contributed by atoms with van der Waals surface area (Å²) in [6.07, 6.45) is -3.21. The fourth-order valence-electron chi connectivity index (χ4n) is 4.12. The molecule has 39 heavy (non-hydrogen) atoms. The molecule has 1 aliphatic rings. The van der Waals surface area contributed by atoms with Gasteiger partial charge < -0.3 is 4.74 Å². The summed E-state index contributed by atoms with van der Waals surface area (Å²) in [6.45, 7) is 0. The van der Waals surface area contributed by atoms with Crippen molar-refractivity contribution >= 4 is 40.9 Å². The van der Waals surface area contributed by atoms with E-state index < -0.39 is 23.6 Å². The zero-order valence-electron chi connectivity index (χ0n) is 20.1. The van der Waals surface area contributed by atoms with E-state index in [2.05, 4.69) is 5.32 Å². The van der Waals surface area contributed by atoms with Crippen LogP contribution in [0, 0.1) is 0 Å². The van der Waals surface area contributed by atoms with E-state index in [1.165, 1.54) is 41.3 Å². The van der Waals surface area contributed by atoms with Crippen molar-refractivity contribution in [2.45, 2.75) is 6.18 Å². The molecule has 1 fully saturated rings. The van der Waals surface area contributed by atoms with Crippen LogP contribution in [-0.2, 0) is 15.8 Å². The molecule has 0 aromatic heterocycles. The number of carbonyl (C=O) groups excluding carboxylic acids is 2. The molecule has 1 aliphatic heterocycles. The molecule has 9 heteroatoms. The molecule has 1 N–H and O–H groups in total. The molecule has 5 rings (SSSR count). The maximum atomic E-state index is 13.5. The average molecular weight is 545 g/mol. The van der Waals surface area contributed by atoms with Gasteiger partial charge >= 0.3 is 6.18 Å². The highest BCUT2D eigenvalue weighted by Gasteiger charge is 2.35. The van der Waals surface area contributed by atoms with Crippen molar-refractivity contribution in [1.29, 1.82) is 0 Å². The van der Waals surface area contributed by atoms with Gasteiger partial charge in [0.25, 0.3) is 11.8 Å². The molecule has 0 bridgehead atoms. The van der Waals surface area contributed by atoms with Gasteiger partial charge in [0.1, 0.15) is 17.1 Å². The molecule has 0 unspecified atom stereocenters. The number of para-hydroxylation sites is 1. The number of carbonyl (C=O) groups is 2. The molecule has 2 amide bonds. The van der Waals surface area contributed by atoms with E-state index in [0.29, 0.717) is 28.3 Å². The van der Waals surface area contributed by atoms with Crippen LogP contribution < -0.4 is 15.0 Å². The van der Waals surface area contributed by atoms with Gasteiger partial charge in [-0.25, -0.2) is 0 Å². The van der Waals surface area contributed by atoms with Crippen molar-refractivity contribution in [2.75, 3.05) is 4.90 Å². The van der Waals surface area contributed by atoms with Crippen LogP contribution in [0.25, 0.3) is 17.2 Å². The molecule has 4 aromatic rings. The smallest absolute Gasteiger partial charge is 0.417 e. The Labute approximate surface area is 227 Å². The second kappa shape index (κ2) is 10.5.